The van der Waals surface area contributed by atoms with E-state index in [9.17, 15) is 0 Å². The van der Waals surface area contributed by atoms with E-state index in [2.05, 4.69) is 21.6 Å². The monoisotopic (exact) mass is 135 g/mol. The summed E-state index contributed by atoms with van der Waals surface area (Å²) in [5.74, 6) is 0. The molecule has 0 bridgehead atoms. The van der Waals surface area contributed by atoms with Gasteiger partial charge in [-0.15, -0.1) is 4.91 Å². The van der Waals surface area contributed by atoms with Gasteiger partial charge in [-0.2, -0.15) is 0 Å². The summed E-state index contributed by atoms with van der Waals surface area (Å²) in [7, 11) is 0. The molecular formula is C3H9N3O3. The van der Waals surface area contributed by atoms with E-state index in [1.807, 2.05) is 0 Å². The number of urea groups is 1. The predicted octanol–water partition coefficient (Wildman–Crippen LogP) is -0.272. The van der Waals surface area contributed by atoms with E-state index in [1.54, 1.807) is 6.92 Å². The summed E-state index contributed by atoms with van der Waals surface area (Å²) < 4.78 is 0. The summed E-state index contributed by atoms with van der Waals surface area (Å²) in [5.41, 5.74) is 8.50. The van der Waals surface area contributed by atoms with Crippen molar-refractivity contribution < 1.29 is 9.63 Å². The van der Waals surface area contributed by atoms with Crippen LogP contribution < -0.4 is 11.5 Å². The third kappa shape index (κ3) is 324. The van der Waals surface area contributed by atoms with Crippen molar-refractivity contribution in [3.63, 3.8) is 0 Å². The van der Waals surface area contributed by atoms with E-state index >= 15 is 0 Å². The van der Waals surface area contributed by atoms with Crippen LogP contribution in [-0.4, -0.2) is 12.6 Å². The van der Waals surface area contributed by atoms with Crippen LogP contribution in [0.3, 0.4) is 0 Å². The molecule has 0 atom stereocenters. The number of amides is 2. The van der Waals surface area contributed by atoms with Gasteiger partial charge in [-0.3, -0.25) is 0 Å². The van der Waals surface area contributed by atoms with Gasteiger partial charge >= 0.3 is 6.03 Å². The van der Waals surface area contributed by atoms with Crippen LogP contribution in [0.5, 0.6) is 0 Å². The average Bonchev–Trinajstić information content (AvgIpc) is 1.66. The fraction of sp³-hybridized carbons (Fsp3) is 0.667. The molecular weight excluding hydrogens is 126 g/mol. The van der Waals surface area contributed by atoms with Gasteiger partial charge in [0.1, 0.15) is 6.61 Å². The SMILES string of the molecule is CCON=O.NC(N)=O. The maximum Gasteiger partial charge on any atom is 0.309 e. The van der Waals surface area contributed by atoms with Gasteiger partial charge in [0.25, 0.3) is 0 Å². The molecule has 54 valence electrons. The molecule has 0 aromatic rings. The van der Waals surface area contributed by atoms with Gasteiger partial charge in [0, 0.05) is 0 Å². The van der Waals surface area contributed by atoms with Crippen LogP contribution in [0.25, 0.3) is 0 Å². The molecule has 0 saturated carbocycles. The van der Waals surface area contributed by atoms with Crippen LogP contribution in [0, 0.1) is 4.91 Å². The summed E-state index contributed by atoms with van der Waals surface area (Å²) in [4.78, 5) is 21.8. The predicted molar refractivity (Wildman–Crippen MR) is 31.2 cm³/mol. The normalized spacial score (nSPS) is 6.33. The maximum atomic E-state index is 9.00. The Labute approximate surface area is 52.1 Å². The lowest BCUT2D eigenvalue weighted by atomic mass is 10.9. The molecule has 2 amide bonds. The highest BCUT2D eigenvalue weighted by atomic mass is 16.7. The minimum absolute atomic E-state index is 0.365. The van der Waals surface area contributed by atoms with Crippen molar-refractivity contribution in [3.8, 4) is 0 Å². The van der Waals surface area contributed by atoms with Crippen molar-refractivity contribution in [2.75, 3.05) is 6.61 Å². The lowest BCUT2D eigenvalue weighted by Gasteiger charge is -1.76. The fourth-order valence-corrected chi connectivity index (χ4v) is 0.0527. The van der Waals surface area contributed by atoms with E-state index in [-0.39, 0.29) is 0 Å². The van der Waals surface area contributed by atoms with Crippen LogP contribution in [0.15, 0.2) is 5.34 Å². The fourth-order valence-electron chi connectivity index (χ4n) is 0.0527. The lowest BCUT2D eigenvalue weighted by molar-refractivity contribution is 0.154. The second-order valence-electron chi connectivity index (χ2n) is 0.895. The molecule has 0 fully saturated rings. The van der Waals surface area contributed by atoms with Crippen molar-refractivity contribution >= 4 is 6.03 Å². The quantitative estimate of drug-likeness (QED) is 0.401. The van der Waals surface area contributed by atoms with Gasteiger partial charge in [0.15, 0.2) is 5.34 Å². The van der Waals surface area contributed by atoms with E-state index in [4.69, 9.17) is 9.70 Å². The minimum Gasteiger partial charge on any atom is -0.364 e. The number of carbonyl (C=O) groups excluding carboxylic acids is 1. The number of hydrogen-bond donors (Lipinski definition) is 2. The molecule has 4 N–H and O–H groups in total. The minimum atomic E-state index is -0.833. The van der Waals surface area contributed by atoms with Crippen molar-refractivity contribution in [2.24, 2.45) is 16.8 Å². The molecule has 0 aliphatic heterocycles. The Morgan fingerprint density at radius 2 is 2.00 bits per heavy atom. The van der Waals surface area contributed by atoms with Gasteiger partial charge in [0.2, 0.25) is 0 Å². The number of nitrogens with zero attached hydrogens (tertiary/aromatic N) is 1. The Balaban J connectivity index is 0. The number of hydrogen-bond acceptors (Lipinski definition) is 4. The lowest BCUT2D eigenvalue weighted by Crippen LogP contribution is -2.18. The smallest absolute Gasteiger partial charge is 0.309 e. The topological polar surface area (TPSA) is 108 Å². The van der Waals surface area contributed by atoms with E-state index in [1.165, 1.54) is 0 Å². The Kier molecular flexibility index (Phi) is 11.6. The number of primary amides is 2. The molecule has 9 heavy (non-hydrogen) atoms. The van der Waals surface area contributed by atoms with Crippen LogP contribution in [0.1, 0.15) is 6.92 Å². The molecule has 6 nitrogen and oxygen atoms in total. The van der Waals surface area contributed by atoms with Gasteiger partial charge in [-0.25, -0.2) is 4.79 Å². The van der Waals surface area contributed by atoms with Crippen LogP contribution >= 0.6 is 0 Å². The zero-order chi connectivity index (χ0) is 7.70. The maximum absolute atomic E-state index is 9.00. The molecule has 0 heterocycles. The molecule has 0 unspecified atom stereocenters. The molecule has 0 radical (unpaired) electrons. The summed E-state index contributed by atoms with van der Waals surface area (Å²) in [6.07, 6.45) is 0. The van der Waals surface area contributed by atoms with Gasteiger partial charge < -0.3 is 16.3 Å². The standard InChI is InChI=1S/C2H5NO2.CH4N2O/c1-2-5-3-4;2-1(3)4/h2H2,1H3;(H4,2,3,4). The molecule has 0 aliphatic carbocycles. The highest BCUT2D eigenvalue weighted by Gasteiger charge is 1.62. The number of nitrogens with two attached hydrogens (primary N) is 2. The average molecular weight is 135 g/mol. The van der Waals surface area contributed by atoms with Crippen LogP contribution in [-0.2, 0) is 4.84 Å². The molecule has 6 heteroatoms. The third-order valence-corrected chi connectivity index (χ3v) is 0.182. The zero-order valence-electron chi connectivity index (χ0n) is 5.03. The van der Waals surface area contributed by atoms with E-state index in [0.29, 0.717) is 6.61 Å². The first-order valence-electron chi connectivity index (χ1n) is 2.14. The summed E-state index contributed by atoms with van der Waals surface area (Å²) in [6.45, 7) is 2.06. The third-order valence-electron chi connectivity index (χ3n) is 0.182. The first kappa shape index (κ1) is 10.6. The van der Waals surface area contributed by atoms with Gasteiger partial charge in [0.05, 0.1) is 0 Å². The Morgan fingerprint density at radius 1 is 1.67 bits per heavy atom. The largest absolute Gasteiger partial charge is 0.364 e. The highest BCUT2D eigenvalue weighted by molar-refractivity contribution is 5.69. The number of carbonyl (C=O) groups is 1. The molecule has 0 aromatic heterocycles. The van der Waals surface area contributed by atoms with Crippen molar-refractivity contribution in [1.82, 2.24) is 0 Å². The van der Waals surface area contributed by atoms with Crippen LogP contribution in [0.4, 0.5) is 4.79 Å². The molecule has 0 aliphatic rings. The summed E-state index contributed by atoms with van der Waals surface area (Å²) in [6, 6.07) is -0.833. The highest BCUT2D eigenvalue weighted by Crippen LogP contribution is 1.65. The van der Waals surface area contributed by atoms with Crippen molar-refractivity contribution in [3.05, 3.63) is 4.91 Å². The van der Waals surface area contributed by atoms with Crippen LogP contribution in [0.2, 0.25) is 0 Å². The molecule has 0 rings (SSSR count). The second kappa shape index (κ2) is 9.83. The van der Waals surface area contributed by atoms with E-state index in [0.717, 1.165) is 0 Å². The van der Waals surface area contributed by atoms with E-state index < -0.39 is 6.03 Å². The van der Waals surface area contributed by atoms with Crippen molar-refractivity contribution in [1.29, 1.82) is 0 Å². The first-order chi connectivity index (χ1) is 4.15. The summed E-state index contributed by atoms with van der Waals surface area (Å²) in [5, 5.41) is 2.10. The molecule has 0 spiro atoms. The Bertz CT molecular complexity index is 80.4. The molecule has 0 aromatic carbocycles. The van der Waals surface area contributed by atoms with Gasteiger partial charge in [-0.05, 0) is 6.92 Å². The second-order valence-corrected chi connectivity index (χ2v) is 0.895. The Hall–Kier alpha value is -1.33. The number of rotatable bonds is 2. The zero-order valence-corrected chi connectivity index (χ0v) is 5.03. The summed E-state index contributed by atoms with van der Waals surface area (Å²) >= 11 is 0. The van der Waals surface area contributed by atoms with Crippen molar-refractivity contribution in [2.45, 2.75) is 6.92 Å². The Morgan fingerprint density at radius 3 is 2.00 bits per heavy atom. The molecule has 0 saturated heterocycles. The van der Waals surface area contributed by atoms with Gasteiger partial charge in [-0.1, -0.05) is 0 Å². The first-order valence-corrected chi connectivity index (χ1v) is 2.14.